The maximum atomic E-state index is 13.8. The van der Waals surface area contributed by atoms with Crippen LogP contribution in [-0.4, -0.2) is 36.1 Å². The Balaban J connectivity index is 1.51. The number of pyridine rings is 1. The van der Waals surface area contributed by atoms with Gasteiger partial charge in [0.2, 0.25) is 0 Å². The molecule has 0 bridgehead atoms. The molecule has 23 heavy (non-hydrogen) atoms. The average Bonchev–Trinajstić information content (AvgIpc) is 2.98. The van der Waals surface area contributed by atoms with Crippen molar-refractivity contribution in [2.75, 3.05) is 36.0 Å². The van der Waals surface area contributed by atoms with Crippen molar-refractivity contribution in [3.8, 4) is 0 Å². The van der Waals surface area contributed by atoms with Crippen LogP contribution in [0.4, 0.5) is 15.2 Å². The Morgan fingerprint density at radius 1 is 1.09 bits per heavy atom. The lowest BCUT2D eigenvalue weighted by Gasteiger charge is -2.35. The number of hydrogen-bond acceptors (Lipinski definition) is 5. The molecule has 1 aromatic carbocycles. The van der Waals surface area contributed by atoms with Gasteiger partial charge in [0.15, 0.2) is 10.9 Å². The maximum Gasteiger partial charge on any atom is 0.186 e. The molecule has 0 unspecified atom stereocenters. The first-order chi connectivity index (χ1) is 11.2. The zero-order valence-corrected chi connectivity index (χ0v) is 13.8. The Labute approximate surface area is 142 Å². The van der Waals surface area contributed by atoms with Crippen molar-refractivity contribution in [2.24, 2.45) is 0 Å². The standard InChI is InChI=1S/C16H14ClFN4S/c17-11-1-2-13-15(9-11)23-16(20-13)22-7-5-21(6-8-22)14-3-4-19-10-12(14)18/h1-4,9-10H,5-8H2. The first-order valence-corrected chi connectivity index (χ1v) is 8.56. The third-order valence-electron chi connectivity index (χ3n) is 3.98. The summed E-state index contributed by atoms with van der Waals surface area (Å²) < 4.78 is 14.9. The van der Waals surface area contributed by atoms with E-state index in [9.17, 15) is 4.39 Å². The number of halogens is 2. The zero-order chi connectivity index (χ0) is 15.8. The summed E-state index contributed by atoms with van der Waals surface area (Å²) in [6, 6.07) is 7.48. The monoisotopic (exact) mass is 348 g/mol. The van der Waals surface area contributed by atoms with Gasteiger partial charge in [-0.05, 0) is 24.3 Å². The quantitative estimate of drug-likeness (QED) is 0.705. The fourth-order valence-corrected chi connectivity index (χ4v) is 4.08. The number of thiazole rings is 1. The van der Waals surface area contributed by atoms with Crippen molar-refractivity contribution in [2.45, 2.75) is 0 Å². The molecule has 0 aliphatic carbocycles. The Hall–Kier alpha value is -1.92. The van der Waals surface area contributed by atoms with Crippen LogP contribution in [0.15, 0.2) is 36.7 Å². The summed E-state index contributed by atoms with van der Waals surface area (Å²) in [7, 11) is 0. The van der Waals surface area contributed by atoms with Crippen LogP contribution < -0.4 is 9.80 Å². The Kier molecular flexibility index (Phi) is 3.79. The lowest BCUT2D eigenvalue weighted by atomic mass is 10.2. The van der Waals surface area contributed by atoms with Crippen molar-refractivity contribution < 1.29 is 4.39 Å². The first kappa shape index (κ1) is 14.7. The van der Waals surface area contributed by atoms with Crippen LogP contribution in [0.2, 0.25) is 5.02 Å². The number of benzene rings is 1. The molecule has 0 amide bonds. The molecule has 0 spiro atoms. The summed E-state index contributed by atoms with van der Waals surface area (Å²) in [4.78, 5) is 12.8. The summed E-state index contributed by atoms with van der Waals surface area (Å²) in [6.07, 6.45) is 2.89. The highest BCUT2D eigenvalue weighted by Gasteiger charge is 2.21. The molecular weight excluding hydrogens is 335 g/mol. The second-order valence-corrected chi connectivity index (χ2v) is 6.86. The van der Waals surface area contributed by atoms with E-state index in [0.29, 0.717) is 5.69 Å². The number of anilines is 2. The normalized spacial score (nSPS) is 15.4. The summed E-state index contributed by atoms with van der Waals surface area (Å²) in [5.41, 5.74) is 1.59. The van der Waals surface area contributed by atoms with Gasteiger partial charge in [0.25, 0.3) is 0 Å². The fraction of sp³-hybridized carbons (Fsp3) is 0.250. The van der Waals surface area contributed by atoms with E-state index in [2.05, 4.69) is 19.8 Å². The van der Waals surface area contributed by atoms with Gasteiger partial charge in [-0.1, -0.05) is 22.9 Å². The number of nitrogens with zero attached hydrogens (tertiary/aromatic N) is 4. The van der Waals surface area contributed by atoms with Gasteiger partial charge in [0.05, 0.1) is 22.1 Å². The molecule has 7 heteroatoms. The van der Waals surface area contributed by atoms with Crippen LogP contribution in [0, 0.1) is 5.82 Å². The van der Waals surface area contributed by atoms with Gasteiger partial charge in [-0.2, -0.15) is 0 Å². The van der Waals surface area contributed by atoms with E-state index >= 15 is 0 Å². The second-order valence-electron chi connectivity index (χ2n) is 5.41. The van der Waals surface area contributed by atoms with Gasteiger partial charge in [0, 0.05) is 37.4 Å². The van der Waals surface area contributed by atoms with Gasteiger partial charge >= 0.3 is 0 Å². The van der Waals surface area contributed by atoms with Gasteiger partial charge in [-0.15, -0.1) is 0 Å². The van der Waals surface area contributed by atoms with Crippen LogP contribution >= 0.6 is 22.9 Å². The van der Waals surface area contributed by atoms with E-state index in [0.717, 1.165) is 46.5 Å². The summed E-state index contributed by atoms with van der Waals surface area (Å²) >= 11 is 7.68. The second kappa shape index (κ2) is 5.94. The molecule has 1 aliphatic heterocycles. The number of hydrogen-bond donors (Lipinski definition) is 0. The molecule has 0 saturated carbocycles. The van der Waals surface area contributed by atoms with Crippen molar-refractivity contribution in [1.29, 1.82) is 0 Å². The molecule has 1 aliphatic rings. The fourth-order valence-electron chi connectivity index (χ4n) is 2.78. The minimum atomic E-state index is -0.268. The molecule has 4 rings (SSSR count). The molecule has 0 atom stereocenters. The van der Waals surface area contributed by atoms with Crippen LogP contribution in [0.25, 0.3) is 10.2 Å². The van der Waals surface area contributed by atoms with E-state index in [1.165, 1.54) is 6.20 Å². The third kappa shape index (κ3) is 2.84. The average molecular weight is 349 g/mol. The Morgan fingerprint density at radius 2 is 1.87 bits per heavy atom. The molecular formula is C16H14ClFN4S. The Morgan fingerprint density at radius 3 is 2.65 bits per heavy atom. The molecule has 3 heterocycles. The van der Waals surface area contributed by atoms with Crippen molar-refractivity contribution >= 4 is 44.0 Å². The molecule has 118 valence electrons. The predicted molar refractivity (Wildman–Crippen MR) is 93.3 cm³/mol. The molecule has 3 aromatic rings. The summed E-state index contributed by atoms with van der Waals surface area (Å²) in [6.45, 7) is 3.15. The van der Waals surface area contributed by atoms with E-state index in [1.54, 1.807) is 23.6 Å². The largest absolute Gasteiger partial charge is 0.366 e. The summed E-state index contributed by atoms with van der Waals surface area (Å²) in [5.74, 6) is -0.268. The third-order valence-corrected chi connectivity index (χ3v) is 5.30. The van der Waals surface area contributed by atoms with Crippen molar-refractivity contribution in [3.63, 3.8) is 0 Å². The zero-order valence-electron chi connectivity index (χ0n) is 12.2. The minimum absolute atomic E-state index is 0.268. The smallest absolute Gasteiger partial charge is 0.186 e. The van der Waals surface area contributed by atoms with Crippen LogP contribution in [0.1, 0.15) is 0 Å². The highest BCUT2D eigenvalue weighted by Crippen LogP contribution is 2.31. The van der Waals surface area contributed by atoms with Crippen molar-refractivity contribution in [3.05, 3.63) is 47.5 Å². The molecule has 1 saturated heterocycles. The van der Waals surface area contributed by atoms with Gasteiger partial charge in [0.1, 0.15) is 0 Å². The molecule has 4 nitrogen and oxygen atoms in total. The maximum absolute atomic E-state index is 13.8. The van der Waals surface area contributed by atoms with Gasteiger partial charge in [-0.3, -0.25) is 4.98 Å². The van der Waals surface area contributed by atoms with Gasteiger partial charge < -0.3 is 9.80 Å². The Bertz CT molecular complexity index is 845. The molecule has 2 aromatic heterocycles. The number of aromatic nitrogens is 2. The minimum Gasteiger partial charge on any atom is -0.366 e. The lowest BCUT2D eigenvalue weighted by Crippen LogP contribution is -2.46. The van der Waals surface area contributed by atoms with E-state index in [4.69, 9.17) is 11.6 Å². The number of fused-ring (bicyclic) bond motifs is 1. The van der Waals surface area contributed by atoms with Crippen LogP contribution in [0.5, 0.6) is 0 Å². The van der Waals surface area contributed by atoms with Gasteiger partial charge in [-0.25, -0.2) is 9.37 Å². The molecule has 0 N–H and O–H groups in total. The molecule has 1 fully saturated rings. The summed E-state index contributed by atoms with van der Waals surface area (Å²) in [5, 5.41) is 1.72. The van der Waals surface area contributed by atoms with Crippen molar-refractivity contribution in [1.82, 2.24) is 9.97 Å². The topological polar surface area (TPSA) is 32.3 Å². The predicted octanol–water partition coefficient (Wildman–Crippen LogP) is 3.81. The lowest BCUT2D eigenvalue weighted by molar-refractivity contribution is 0.593. The highest BCUT2D eigenvalue weighted by atomic mass is 35.5. The SMILES string of the molecule is Fc1cnccc1N1CCN(c2nc3ccc(Cl)cc3s2)CC1. The number of piperazine rings is 1. The number of rotatable bonds is 2. The van der Waals surface area contributed by atoms with Crippen LogP contribution in [0.3, 0.4) is 0 Å². The first-order valence-electron chi connectivity index (χ1n) is 7.36. The van der Waals surface area contributed by atoms with E-state index in [1.807, 2.05) is 18.2 Å². The van der Waals surface area contributed by atoms with E-state index < -0.39 is 0 Å². The molecule has 0 radical (unpaired) electrons. The van der Waals surface area contributed by atoms with Crippen LogP contribution in [-0.2, 0) is 0 Å². The highest BCUT2D eigenvalue weighted by molar-refractivity contribution is 7.22. The van der Waals surface area contributed by atoms with E-state index in [-0.39, 0.29) is 5.82 Å².